The van der Waals surface area contributed by atoms with Crippen molar-refractivity contribution in [1.82, 2.24) is 14.8 Å². The van der Waals surface area contributed by atoms with Crippen LogP contribution in [0.2, 0.25) is 0 Å². The molecular weight excluding hydrogens is 326 g/mol. The van der Waals surface area contributed by atoms with Gasteiger partial charge in [-0.15, -0.1) is 0 Å². The van der Waals surface area contributed by atoms with Crippen LogP contribution in [0.3, 0.4) is 0 Å². The van der Waals surface area contributed by atoms with Crippen LogP contribution in [0.15, 0.2) is 36.7 Å². The van der Waals surface area contributed by atoms with E-state index in [0.717, 1.165) is 43.4 Å². The van der Waals surface area contributed by atoms with Crippen LogP contribution in [0.25, 0.3) is 10.8 Å². The van der Waals surface area contributed by atoms with Crippen molar-refractivity contribution in [3.05, 3.63) is 36.7 Å². The zero-order valence-corrected chi connectivity index (χ0v) is 14.8. The Morgan fingerprint density at radius 2 is 2.15 bits per heavy atom. The molecule has 4 rings (SSSR count). The molecule has 0 bridgehead atoms. The van der Waals surface area contributed by atoms with Crippen molar-refractivity contribution >= 4 is 22.4 Å². The summed E-state index contributed by atoms with van der Waals surface area (Å²) in [6, 6.07) is 10.5. The number of nitrogens with one attached hydrogen (secondary N) is 1. The maximum atomic E-state index is 12.5. The highest BCUT2D eigenvalue weighted by atomic mass is 16.2. The molecule has 2 aliphatic heterocycles. The summed E-state index contributed by atoms with van der Waals surface area (Å²) in [5, 5.41) is 15.1. The lowest BCUT2D eigenvalue weighted by Crippen LogP contribution is -2.42. The third-order valence-electron chi connectivity index (χ3n) is 5.38. The predicted molar refractivity (Wildman–Crippen MR) is 101 cm³/mol. The molecule has 6 heteroatoms. The number of fused-ring (bicyclic) bond motifs is 1. The van der Waals surface area contributed by atoms with Crippen LogP contribution in [0.1, 0.15) is 19.3 Å². The fourth-order valence-corrected chi connectivity index (χ4v) is 4.03. The number of aromatic nitrogens is 1. The van der Waals surface area contributed by atoms with E-state index in [1.165, 1.54) is 5.39 Å². The Morgan fingerprint density at radius 1 is 1.27 bits per heavy atom. The lowest BCUT2D eigenvalue weighted by Gasteiger charge is -2.23. The lowest BCUT2D eigenvalue weighted by molar-refractivity contribution is -0.132. The summed E-state index contributed by atoms with van der Waals surface area (Å²) in [7, 11) is 0. The van der Waals surface area contributed by atoms with Crippen molar-refractivity contribution in [2.45, 2.75) is 31.3 Å². The van der Waals surface area contributed by atoms with Crippen LogP contribution in [0.5, 0.6) is 0 Å². The van der Waals surface area contributed by atoms with Gasteiger partial charge in [0.15, 0.2) is 0 Å². The lowest BCUT2D eigenvalue weighted by atomic mass is 10.1. The molecule has 3 heterocycles. The van der Waals surface area contributed by atoms with Crippen LogP contribution in [-0.4, -0.2) is 59.0 Å². The maximum Gasteiger partial charge on any atom is 0.237 e. The molecule has 26 heavy (non-hydrogen) atoms. The van der Waals surface area contributed by atoms with E-state index >= 15 is 0 Å². The molecule has 134 valence electrons. The quantitative estimate of drug-likeness (QED) is 0.916. The molecule has 0 saturated carbocycles. The van der Waals surface area contributed by atoms with Gasteiger partial charge in [-0.25, -0.2) is 0 Å². The summed E-state index contributed by atoms with van der Waals surface area (Å²) in [4.78, 5) is 20.8. The Kier molecular flexibility index (Phi) is 4.72. The van der Waals surface area contributed by atoms with Gasteiger partial charge in [-0.05, 0) is 19.3 Å². The van der Waals surface area contributed by atoms with Crippen molar-refractivity contribution in [2.24, 2.45) is 0 Å². The summed E-state index contributed by atoms with van der Waals surface area (Å²) in [5.41, 5.74) is 1.05. The number of anilines is 1. The molecule has 1 amide bonds. The monoisotopic (exact) mass is 349 g/mol. The number of nitrogens with zero attached hydrogens (tertiary/aromatic N) is 4. The molecule has 0 radical (unpaired) electrons. The number of hydrogen-bond donors (Lipinski definition) is 1. The van der Waals surface area contributed by atoms with Crippen LogP contribution in [0.4, 0.5) is 5.69 Å². The SMILES string of the molecule is N#C[C@@H]1CCCN1C(=O)CN1CC[C@@H](Nc2cncc3ccccc23)C1. The van der Waals surface area contributed by atoms with Gasteiger partial charge in [0.1, 0.15) is 6.04 Å². The van der Waals surface area contributed by atoms with E-state index < -0.39 is 0 Å². The topological polar surface area (TPSA) is 72.3 Å². The summed E-state index contributed by atoms with van der Waals surface area (Å²) in [6.45, 7) is 2.85. The minimum Gasteiger partial charge on any atom is -0.379 e. The molecule has 6 nitrogen and oxygen atoms in total. The van der Waals surface area contributed by atoms with Gasteiger partial charge < -0.3 is 10.2 Å². The third-order valence-corrected chi connectivity index (χ3v) is 5.38. The number of benzene rings is 1. The predicted octanol–water partition coefficient (Wildman–Crippen LogP) is 2.24. The number of hydrogen-bond acceptors (Lipinski definition) is 5. The number of pyridine rings is 1. The summed E-state index contributed by atoms with van der Waals surface area (Å²) in [6.07, 6.45) is 6.49. The molecule has 2 atom stereocenters. The second kappa shape index (κ2) is 7.30. The van der Waals surface area contributed by atoms with Crippen LogP contribution >= 0.6 is 0 Å². The highest BCUT2D eigenvalue weighted by Gasteiger charge is 2.31. The molecule has 0 spiro atoms. The molecule has 1 aromatic heterocycles. The molecule has 0 unspecified atom stereocenters. The molecule has 0 aliphatic carbocycles. The van der Waals surface area contributed by atoms with Crippen molar-refractivity contribution in [2.75, 3.05) is 31.5 Å². The van der Waals surface area contributed by atoms with E-state index in [1.54, 1.807) is 4.90 Å². The molecule has 2 fully saturated rings. The van der Waals surface area contributed by atoms with Gasteiger partial charge in [-0.1, -0.05) is 24.3 Å². The zero-order valence-electron chi connectivity index (χ0n) is 14.8. The average Bonchev–Trinajstić information content (AvgIpc) is 3.31. The minimum absolute atomic E-state index is 0.0847. The van der Waals surface area contributed by atoms with E-state index in [1.807, 2.05) is 24.5 Å². The van der Waals surface area contributed by atoms with Gasteiger partial charge in [0.2, 0.25) is 5.91 Å². The minimum atomic E-state index is -0.235. The molecule has 2 aromatic rings. The summed E-state index contributed by atoms with van der Waals surface area (Å²) >= 11 is 0. The highest BCUT2D eigenvalue weighted by molar-refractivity contribution is 5.92. The van der Waals surface area contributed by atoms with Gasteiger partial charge >= 0.3 is 0 Å². The molecule has 2 saturated heterocycles. The van der Waals surface area contributed by atoms with Crippen molar-refractivity contribution < 1.29 is 4.79 Å². The number of likely N-dealkylation sites (tertiary alicyclic amines) is 2. The van der Waals surface area contributed by atoms with E-state index in [9.17, 15) is 4.79 Å². The van der Waals surface area contributed by atoms with Crippen molar-refractivity contribution in [3.8, 4) is 6.07 Å². The number of carbonyl (C=O) groups excluding carboxylic acids is 1. The normalized spacial score (nSPS) is 23.3. The Balaban J connectivity index is 1.37. The number of rotatable bonds is 4. The number of amides is 1. The van der Waals surface area contributed by atoms with E-state index in [4.69, 9.17) is 5.26 Å². The number of nitriles is 1. The van der Waals surface area contributed by atoms with Gasteiger partial charge in [-0.2, -0.15) is 5.26 Å². The molecule has 1 N–H and O–H groups in total. The first kappa shape index (κ1) is 16.8. The van der Waals surface area contributed by atoms with Crippen LogP contribution < -0.4 is 5.32 Å². The molecular formula is C20H23N5O. The van der Waals surface area contributed by atoms with E-state index in [2.05, 4.69) is 33.4 Å². The van der Waals surface area contributed by atoms with Gasteiger partial charge in [-0.3, -0.25) is 14.7 Å². The van der Waals surface area contributed by atoms with Crippen LogP contribution in [0, 0.1) is 11.3 Å². The fourth-order valence-electron chi connectivity index (χ4n) is 4.03. The third kappa shape index (κ3) is 3.35. The van der Waals surface area contributed by atoms with E-state index in [-0.39, 0.29) is 11.9 Å². The largest absolute Gasteiger partial charge is 0.379 e. The highest BCUT2D eigenvalue weighted by Crippen LogP contribution is 2.24. The van der Waals surface area contributed by atoms with Gasteiger partial charge in [0.25, 0.3) is 0 Å². The van der Waals surface area contributed by atoms with Crippen molar-refractivity contribution in [3.63, 3.8) is 0 Å². The summed E-state index contributed by atoms with van der Waals surface area (Å²) in [5.74, 6) is 0.0847. The smallest absolute Gasteiger partial charge is 0.237 e. The average molecular weight is 349 g/mol. The molecule has 1 aromatic carbocycles. The first-order chi connectivity index (χ1) is 12.7. The van der Waals surface area contributed by atoms with Crippen molar-refractivity contribution in [1.29, 1.82) is 5.26 Å². The second-order valence-electron chi connectivity index (χ2n) is 7.15. The first-order valence-corrected chi connectivity index (χ1v) is 9.25. The van der Waals surface area contributed by atoms with E-state index in [0.29, 0.717) is 19.1 Å². The Hall–Kier alpha value is -2.65. The van der Waals surface area contributed by atoms with Gasteiger partial charge in [0, 0.05) is 42.6 Å². The number of carbonyl (C=O) groups is 1. The second-order valence-corrected chi connectivity index (χ2v) is 7.15. The molecule has 2 aliphatic rings. The fraction of sp³-hybridized carbons (Fsp3) is 0.450. The zero-order chi connectivity index (χ0) is 17.9. The summed E-state index contributed by atoms with van der Waals surface area (Å²) < 4.78 is 0. The van der Waals surface area contributed by atoms with Gasteiger partial charge in [0.05, 0.1) is 24.5 Å². The Bertz CT molecular complexity index is 840. The maximum absolute atomic E-state index is 12.5. The Labute approximate surface area is 153 Å². The standard InChI is InChI=1S/C20H23N5O/c21-10-17-5-3-8-25(17)20(26)14-24-9-7-16(13-24)23-19-12-22-11-15-4-1-2-6-18(15)19/h1-2,4,6,11-12,16-17,23H,3,5,7-9,13-14H2/t16-,17+/m1/s1. The Morgan fingerprint density at radius 3 is 3.04 bits per heavy atom. The van der Waals surface area contributed by atoms with Crippen LogP contribution in [-0.2, 0) is 4.79 Å². The first-order valence-electron chi connectivity index (χ1n) is 9.25.